The molecule has 13 heteroatoms. The number of fused-ring (bicyclic) bond motifs is 3. The first kappa shape index (κ1) is 38.9. The smallest absolute Gasteiger partial charge is 0.416 e. The fourth-order valence-corrected chi connectivity index (χ4v) is 7.98. The maximum atomic E-state index is 14.2. The number of carbonyl (C=O) groups is 4. The average Bonchev–Trinajstić information content (AvgIpc) is 3.73. The Morgan fingerprint density at radius 2 is 1.86 bits per heavy atom. The molecule has 2 unspecified atom stereocenters. The monoisotopic (exact) mass is 765 g/mol. The number of carbonyl (C=O) groups excluding carboxylic acids is 4. The molecule has 2 fully saturated rings. The summed E-state index contributed by atoms with van der Waals surface area (Å²) in [5.41, 5.74) is 6.69. The second-order valence-electron chi connectivity index (χ2n) is 15.0. The molecule has 3 aromatic rings. The van der Waals surface area contributed by atoms with Crippen molar-refractivity contribution in [2.75, 3.05) is 41.9 Å². The Hall–Kier alpha value is -5.40. The minimum Gasteiger partial charge on any atom is -0.493 e. The molecule has 4 heterocycles. The molecule has 2 saturated heterocycles. The lowest BCUT2D eigenvalue weighted by Gasteiger charge is -2.42. The Morgan fingerprint density at radius 1 is 1.02 bits per heavy atom. The number of aryl methyl sites for hydroxylation is 2. The highest BCUT2D eigenvalue weighted by Gasteiger charge is 2.46. The molecule has 296 valence electrons. The number of allylic oxidation sites excluding steroid dienone is 1. The highest BCUT2D eigenvalue weighted by Crippen LogP contribution is 2.40. The molecule has 2 N–H and O–H groups in total. The molecule has 1 aromatic heterocycles. The van der Waals surface area contributed by atoms with E-state index in [1.54, 1.807) is 36.0 Å². The third kappa shape index (κ3) is 8.53. The lowest BCUT2D eigenvalue weighted by atomic mass is 10.00. The van der Waals surface area contributed by atoms with Crippen molar-refractivity contribution in [3.8, 4) is 5.75 Å². The van der Waals surface area contributed by atoms with Crippen LogP contribution in [0.15, 0.2) is 60.8 Å². The Balaban J connectivity index is 1.01. The number of aromatic nitrogens is 1. The average molecular weight is 766 g/mol. The maximum absolute atomic E-state index is 14.2. The Bertz CT molecular complexity index is 2030. The van der Waals surface area contributed by atoms with Crippen LogP contribution < -0.4 is 20.3 Å². The van der Waals surface area contributed by atoms with Crippen molar-refractivity contribution in [3.63, 3.8) is 0 Å². The molecule has 13 nitrogen and oxygen atoms in total. The normalized spacial score (nSPS) is 20.2. The number of hydrogen-bond acceptors (Lipinski definition) is 8. The zero-order valence-corrected chi connectivity index (χ0v) is 32.4. The number of nitrogens with one attached hydrogen (secondary N) is 2. The van der Waals surface area contributed by atoms with Crippen LogP contribution in [0.1, 0.15) is 95.8 Å². The molecule has 56 heavy (non-hydrogen) atoms. The highest BCUT2D eigenvalue weighted by atomic mass is 16.7. The van der Waals surface area contributed by atoms with Gasteiger partial charge in [-0.3, -0.25) is 14.4 Å². The van der Waals surface area contributed by atoms with Crippen molar-refractivity contribution in [2.24, 2.45) is 7.05 Å². The molecule has 0 bridgehead atoms. The van der Waals surface area contributed by atoms with Crippen LogP contribution in [-0.4, -0.2) is 78.2 Å². The van der Waals surface area contributed by atoms with Gasteiger partial charge in [-0.05, 0) is 106 Å². The lowest BCUT2D eigenvalue weighted by molar-refractivity contribution is -0.198. The van der Waals surface area contributed by atoms with Crippen LogP contribution in [-0.2, 0) is 32.5 Å². The summed E-state index contributed by atoms with van der Waals surface area (Å²) in [5, 5.41) is 5.85. The summed E-state index contributed by atoms with van der Waals surface area (Å²) in [6.07, 6.45) is 9.75. The van der Waals surface area contributed by atoms with E-state index in [9.17, 15) is 19.2 Å². The van der Waals surface area contributed by atoms with Crippen molar-refractivity contribution in [3.05, 3.63) is 88.8 Å². The van der Waals surface area contributed by atoms with Crippen molar-refractivity contribution < 1.29 is 38.1 Å². The number of nitrogens with zero attached hydrogens (tertiary/aromatic N) is 3. The number of rotatable bonds is 12. The van der Waals surface area contributed by atoms with E-state index in [0.717, 1.165) is 37.7 Å². The second-order valence-corrected chi connectivity index (χ2v) is 15.0. The number of benzene rings is 2. The number of amides is 4. The van der Waals surface area contributed by atoms with Crippen LogP contribution in [0.25, 0.3) is 6.08 Å². The molecule has 1 aliphatic carbocycles. The molecular formula is C43H51N5O8. The molecular weight excluding hydrogens is 715 g/mol. The van der Waals surface area contributed by atoms with E-state index in [2.05, 4.69) is 30.2 Å². The predicted molar refractivity (Wildman–Crippen MR) is 213 cm³/mol. The van der Waals surface area contributed by atoms with Gasteiger partial charge in [0.1, 0.15) is 18.1 Å². The van der Waals surface area contributed by atoms with Gasteiger partial charge in [-0.1, -0.05) is 30.4 Å². The summed E-state index contributed by atoms with van der Waals surface area (Å²) in [5.74, 6) is -0.208. The van der Waals surface area contributed by atoms with Gasteiger partial charge >= 0.3 is 6.09 Å². The van der Waals surface area contributed by atoms with Crippen LogP contribution >= 0.6 is 0 Å². The van der Waals surface area contributed by atoms with Gasteiger partial charge in [0.2, 0.25) is 5.91 Å². The van der Waals surface area contributed by atoms with E-state index in [-0.39, 0.29) is 37.4 Å². The molecule has 3 aliphatic heterocycles. The van der Waals surface area contributed by atoms with Gasteiger partial charge in [-0.25, -0.2) is 9.69 Å². The van der Waals surface area contributed by atoms with Crippen LogP contribution in [0, 0.1) is 6.92 Å². The lowest BCUT2D eigenvalue weighted by Crippen LogP contribution is -2.57. The van der Waals surface area contributed by atoms with Crippen molar-refractivity contribution in [2.45, 2.75) is 90.2 Å². The minimum absolute atomic E-state index is 0.0126. The van der Waals surface area contributed by atoms with E-state index < -0.39 is 24.7 Å². The topological polar surface area (TPSA) is 141 Å². The van der Waals surface area contributed by atoms with Gasteiger partial charge in [0, 0.05) is 44.6 Å². The van der Waals surface area contributed by atoms with Crippen molar-refractivity contribution in [1.82, 2.24) is 9.47 Å². The SMILES string of the molecule is C=CCOC(=O)N1c2cc(OCCCC(=O)Nc3cc(C(=O)Nc4ccc5c(c4)C=C(C)C5)n(C)c3)c(C)cc2C(=O)N2CCCC[C@H]2C1OC1CCCCO1. The van der Waals surface area contributed by atoms with Gasteiger partial charge in [-0.15, -0.1) is 0 Å². The van der Waals surface area contributed by atoms with Gasteiger partial charge in [0.15, 0.2) is 12.5 Å². The van der Waals surface area contributed by atoms with Crippen molar-refractivity contribution in [1.29, 1.82) is 0 Å². The molecule has 0 spiro atoms. The standard InChI is InChI=1S/C43H51N5O8/c1-5-17-55-43(52)48-35-25-37(28(3)22-33(35)41(51)47-16-8-6-11-34(47)42(48)56-39-13-7-9-18-54-39)53-19-10-12-38(49)44-32-24-36(46(4)26-32)40(50)45-31-15-14-29-20-27(2)21-30(29)23-31/h5,14-15,21-26,34,39,42H,1,6-13,16-20H2,2-4H3,(H,44,49)(H,45,50)/t34-,39?,42?/m0/s1. The summed E-state index contributed by atoms with van der Waals surface area (Å²) < 4.78 is 26.0. The molecule has 7 rings (SSSR count). The number of ether oxygens (including phenoxy) is 4. The highest BCUT2D eigenvalue weighted by molar-refractivity contribution is 6.06. The first-order chi connectivity index (χ1) is 27.1. The molecule has 2 aromatic carbocycles. The van der Waals surface area contributed by atoms with Gasteiger partial charge in [0.05, 0.1) is 29.6 Å². The Kier molecular flexibility index (Phi) is 11.9. The third-order valence-electron chi connectivity index (χ3n) is 10.7. The largest absolute Gasteiger partial charge is 0.493 e. The van der Waals surface area contributed by atoms with Gasteiger partial charge in [-0.2, -0.15) is 0 Å². The summed E-state index contributed by atoms with van der Waals surface area (Å²) in [4.78, 5) is 57.4. The van der Waals surface area contributed by atoms with Crippen LogP contribution in [0.4, 0.5) is 21.9 Å². The van der Waals surface area contributed by atoms with E-state index >= 15 is 0 Å². The first-order valence-corrected chi connectivity index (χ1v) is 19.6. The first-order valence-electron chi connectivity index (χ1n) is 19.6. The van der Waals surface area contributed by atoms with Crippen LogP contribution in [0.2, 0.25) is 0 Å². The molecule has 0 saturated carbocycles. The van der Waals surface area contributed by atoms with E-state index in [1.165, 1.54) is 22.1 Å². The van der Waals surface area contributed by atoms with E-state index in [4.69, 9.17) is 18.9 Å². The van der Waals surface area contributed by atoms with Crippen LogP contribution in [0.5, 0.6) is 5.75 Å². The molecule has 4 amide bonds. The third-order valence-corrected chi connectivity index (χ3v) is 10.7. The summed E-state index contributed by atoms with van der Waals surface area (Å²) >= 11 is 0. The quantitative estimate of drug-likeness (QED) is 0.144. The summed E-state index contributed by atoms with van der Waals surface area (Å²) in [6, 6.07) is 10.6. The van der Waals surface area contributed by atoms with Gasteiger partial charge in [0.25, 0.3) is 11.8 Å². The fraction of sp³-hybridized carbons (Fsp3) is 0.442. The Labute approximate surface area is 327 Å². The molecule has 0 radical (unpaired) electrons. The minimum atomic E-state index is -0.842. The van der Waals surface area contributed by atoms with Crippen LogP contribution in [0.3, 0.4) is 0 Å². The number of hydrogen-bond donors (Lipinski definition) is 2. The number of piperidine rings is 1. The summed E-state index contributed by atoms with van der Waals surface area (Å²) in [6.45, 7) is 8.94. The molecule has 3 atom stereocenters. The predicted octanol–water partition coefficient (Wildman–Crippen LogP) is 7.35. The molecule has 4 aliphatic rings. The van der Waals surface area contributed by atoms with Crippen molar-refractivity contribution >= 4 is 47.0 Å². The van der Waals surface area contributed by atoms with E-state index in [1.807, 2.05) is 30.0 Å². The van der Waals surface area contributed by atoms with Gasteiger partial charge < -0.3 is 39.0 Å². The summed E-state index contributed by atoms with van der Waals surface area (Å²) in [7, 11) is 1.76. The zero-order chi connectivity index (χ0) is 39.3. The van der Waals surface area contributed by atoms with E-state index in [0.29, 0.717) is 72.0 Å². The maximum Gasteiger partial charge on any atom is 0.416 e. The number of anilines is 3. The Morgan fingerprint density at radius 3 is 2.66 bits per heavy atom. The zero-order valence-electron chi connectivity index (χ0n) is 32.4. The second kappa shape index (κ2) is 17.2. The fourth-order valence-electron chi connectivity index (χ4n) is 7.98.